The van der Waals surface area contributed by atoms with E-state index in [1.165, 1.54) is 23.8 Å². The molecule has 0 amide bonds. The highest BCUT2D eigenvalue weighted by atomic mass is 32.2. The SMILES string of the molecule is CC(CS(C)(=O)=O)c1cc(-c2cccc(-c3sc(-c4cccc(S(C)(=O)=O)c4)nc3-c3ccccc3)c2)c2ncccc2c1. The second-order valence-electron chi connectivity index (χ2n) is 11.1. The lowest BCUT2D eigenvalue weighted by molar-refractivity contribution is 0.596. The zero-order chi connectivity index (χ0) is 31.1. The molecule has 4 aromatic carbocycles. The number of thiazole rings is 1. The fourth-order valence-electron chi connectivity index (χ4n) is 5.39. The highest BCUT2D eigenvalue weighted by Gasteiger charge is 2.20. The van der Waals surface area contributed by atoms with Crippen LogP contribution in [0.1, 0.15) is 18.4 Å². The molecule has 2 aromatic heterocycles. The summed E-state index contributed by atoms with van der Waals surface area (Å²) in [6.45, 7) is 1.93. The summed E-state index contributed by atoms with van der Waals surface area (Å²) in [4.78, 5) is 10.9. The molecule has 0 aliphatic rings. The van der Waals surface area contributed by atoms with Crippen LogP contribution < -0.4 is 0 Å². The first-order valence-electron chi connectivity index (χ1n) is 14.0. The molecule has 1 atom stereocenters. The number of fused-ring (bicyclic) bond motifs is 1. The Morgan fingerprint density at radius 1 is 0.727 bits per heavy atom. The lowest BCUT2D eigenvalue weighted by atomic mass is 9.93. The molecule has 0 aliphatic heterocycles. The normalized spacial score (nSPS) is 12.8. The topological polar surface area (TPSA) is 94.1 Å². The molecule has 0 bridgehead atoms. The third-order valence-electron chi connectivity index (χ3n) is 7.47. The number of benzene rings is 4. The molecule has 44 heavy (non-hydrogen) atoms. The van der Waals surface area contributed by atoms with Crippen LogP contribution in [0.15, 0.2) is 114 Å². The Kier molecular flexibility index (Phi) is 7.96. The van der Waals surface area contributed by atoms with E-state index >= 15 is 0 Å². The number of hydrogen-bond donors (Lipinski definition) is 0. The zero-order valence-corrected chi connectivity index (χ0v) is 26.9. The highest BCUT2D eigenvalue weighted by Crippen LogP contribution is 2.42. The van der Waals surface area contributed by atoms with Crippen LogP contribution in [0, 0.1) is 0 Å². The van der Waals surface area contributed by atoms with Crippen molar-refractivity contribution in [1.82, 2.24) is 9.97 Å². The fourth-order valence-corrected chi connectivity index (χ4v) is 8.24. The van der Waals surface area contributed by atoms with Gasteiger partial charge in [0.2, 0.25) is 0 Å². The molecule has 0 saturated carbocycles. The predicted molar refractivity (Wildman–Crippen MR) is 180 cm³/mol. The quantitative estimate of drug-likeness (QED) is 0.168. The number of hydrogen-bond acceptors (Lipinski definition) is 7. The minimum atomic E-state index is -3.38. The maximum atomic E-state index is 12.3. The molecule has 9 heteroatoms. The van der Waals surface area contributed by atoms with E-state index in [-0.39, 0.29) is 16.6 Å². The van der Waals surface area contributed by atoms with Crippen molar-refractivity contribution in [2.45, 2.75) is 17.7 Å². The largest absolute Gasteiger partial charge is 0.256 e. The van der Waals surface area contributed by atoms with Crippen molar-refractivity contribution in [2.75, 3.05) is 18.3 Å². The van der Waals surface area contributed by atoms with E-state index in [4.69, 9.17) is 9.97 Å². The summed E-state index contributed by atoms with van der Waals surface area (Å²) in [6.07, 6.45) is 4.24. The minimum absolute atomic E-state index is 0.0584. The summed E-state index contributed by atoms with van der Waals surface area (Å²) >= 11 is 1.51. The number of rotatable bonds is 8. The highest BCUT2D eigenvalue weighted by molar-refractivity contribution is 7.91. The van der Waals surface area contributed by atoms with Gasteiger partial charge in [0, 0.05) is 40.8 Å². The Morgan fingerprint density at radius 2 is 1.43 bits per heavy atom. The maximum absolute atomic E-state index is 12.3. The van der Waals surface area contributed by atoms with Gasteiger partial charge in [0.15, 0.2) is 9.84 Å². The number of nitrogens with zero attached hydrogens (tertiary/aromatic N) is 2. The van der Waals surface area contributed by atoms with Crippen LogP contribution in [-0.4, -0.2) is 45.1 Å². The Morgan fingerprint density at radius 3 is 2.18 bits per heavy atom. The molecule has 0 N–H and O–H groups in total. The summed E-state index contributed by atoms with van der Waals surface area (Å²) in [5.74, 6) is -0.129. The van der Waals surface area contributed by atoms with E-state index in [9.17, 15) is 16.8 Å². The van der Waals surface area contributed by atoms with Crippen molar-refractivity contribution in [3.8, 4) is 43.4 Å². The van der Waals surface area contributed by atoms with Crippen LogP contribution in [0.25, 0.3) is 54.3 Å². The van der Waals surface area contributed by atoms with Crippen LogP contribution in [0.5, 0.6) is 0 Å². The first-order valence-corrected chi connectivity index (χ1v) is 18.8. The Labute approximate surface area is 261 Å². The van der Waals surface area contributed by atoms with Gasteiger partial charge in [-0.25, -0.2) is 21.8 Å². The predicted octanol–water partition coefficient (Wildman–Crippen LogP) is 7.91. The molecule has 6 aromatic rings. The van der Waals surface area contributed by atoms with E-state index in [1.54, 1.807) is 24.4 Å². The Bertz CT molecular complexity index is 2230. The molecule has 6 nitrogen and oxygen atoms in total. The van der Waals surface area contributed by atoms with Gasteiger partial charge >= 0.3 is 0 Å². The standard InChI is InChI=1S/C35H30N2O4S3/c1-23(22-43(2,38)39)29-19-26-15-9-17-36-32(26)31(21-29)25-12-7-13-27(18-25)34-33(24-10-5-4-6-11-24)37-35(42-34)28-14-8-16-30(20-28)44(3,40)41/h4-21,23H,22H2,1-3H3. The van der Waals surface area contributed by atoms with Crippen LogP contribution in [0.4, 0.5) is 0 Å². The lowest BCUT2D eigenvalue weighted by Gasteiger charge is -2.15. The van der Waals surface area contributed by atoms with Crippen LogP contribution in [0.3, 0.4) is 0 Å². The van der Waals surface area contributed by atoms with Gasteiger partial charge in [-0.2, -0.15) is 0 Å². The van der Waals surface area contributed by atoms with E-state index < -0.39 is 19.7 Å². The lowest BCUT2D eigenvalue weighted by Crippen LogP contribution is -2.10. The van der Waals surface area contributed by atoms with Gasteiger partial charge in [-0.15, -0.1) is 11.3 Å². The molecule has 1 unspecified atom stereocenters. The molecular formula is C35H30N2O4S3. The first kappa shape index (κ1) is 29.9. The number of aromatic nitrogens is 2. The third kappa shape index (κ3) is 6.36. The van der Waals surface area contributed by atoms with Crippen LogP contribution >= 0.6 is 11.3 Å². The molecular weight excluding hydrogens is 609 g/mol. The molecule has 0 spiro atoms. The molecule has 2 heterocycles. The smallest absolute Gasteiger partial charge is 0.175 e. The van der Waals surface area contributed by atoms with Crippen molar-refractivity contribution in [2.24, 2.45) is 0 Å². The van der Waals surface area contributed by atoms with Crippen LogP contribution in [-0.2, 0) is 19.7 Å². The average molecular weight is 639 g/mol. The van der Waals surface area contributed by atoms with Gasteiger partial charge in [0.05, 0.1) is 26.7 Å². The molecule has 0 aliphatic carbocycles. The van der Waals surface area contributed by atoms with Crippen molar-refractivity contribution in [3.63, 3.8) is 0 Å². The van der Waals surface area contributed by atoms with Gasteiger partial charge in [-0.3, -0.25) is 4.98 Å². The van der Waals surface area contributed by atoms with Gasteiger partial charge < -0.3 is 0 Å². The van der Waals surface area contributed by atoms with Crippen molar-refractivity contribution >= 4 is 41.9 Å². The van der Waals surface area contributed by atoms with Crippen molar-refractivity contribution in [1.29, 1.82) is 0 Å². The van der Waals surface area contributed by atoms with Gasteiger partial charge in [-0.05, 0) is 59.0 Å². The first-order chi connectivity index (χ1) is 21.0. The monoisotopic (exact) mass is 638 g/mol. The van der Waals surface area contributed by atoms with E-state index in [0.29, 0.717) is 0 Å². The van der Waals surface area contributed by atoms with Crippen molar-refractivity contribution < 1.29 is 16.8 Å². The van der Waals surface area contributed by atoms with Gasteiger partial charge in [0.25, 0.3) is 0 Å². The summed E-state index contributed by atoms with van der Waals surface area (Å²) in [7, 11) is -6.54. The van der Waals surface area contributed by atoms with Gasteiger partial charge in [-0.1, -0.05) is 73.7 Å². The van der Waals surface area contributed by atoms with E-state index in [1.807, 2.05) is 79.7 Å². The summed E-state index contributed by atoms with van der Waals surface area (Å²) in [5, 5.41) is 1.67. The Balaban J connectivity index is 1.52. The second-order valence-corrected chi connectivity index (χ2v) is 16.3. The maximum Gasteiger partial charge on any atom is 0.175 e. The fraction of sp³-hybridized carbons (Fsp3) is 0.143. The molecule has 0 fully saturated rings. The molecule has 6 rings (SSSR count). The van der Waals surface area contributed by atoms with Crippen molar-refractivity contribution in [3.05, 3.63) is 115 Å². The minimum Gasteiger partial charge on any atom is -0.256 e. The Hall–Kier alpha value is -4.18. The number of sulfone groups is 2. The molecule has 0 radical (unpaired) electrons. The number of pyridine rings is 1. The second kappa shape index (κ2) is 11.7. The summed E-state index contributed by atoms with van der Waals surface area (Å²) in [5.41, 5.74) is 7.12. The molecule has 0 saturated heterocycles. The average Bonchev–Trinajstić information content (AvgIpc) is 3.46. The van der Waals surface area contributed by atoms with E-state index in [2.05, 4.69) is 12.1 Å². The molecule has 222 valence electrons. The van der Waals surface area contributed by atoms with Crippen LogP contribution in [0.2, 0.25) is 0 Å². The third-order valence-corrected chi connectivity index (χ3v) is 10.8. The van der Waals surface area contributed by atoms with Gasteiger partial charge in [0.1, 0.15) is 14.8 Å². The summed E-state index contributed by atoms with van der Waals surface area (Å²) < 4.78 is 48.8. The van der Waals surface area contributed by atoms with E-state index in [0.717, 1.165) is 59.9 Å². The zero-order valence-electron chi connectivity index (χ0n) is 24.4. The summed E-state index contributed by atoms with van der Waals surface area (Å²) in [6, 6.07) is 33.0.